The van der Waals surface area contributed by atoms with Crippen molar-refractivity contribution >= 4 is 21.6 Å². The van der Waals surface area contributed by atoms with Crippen LogP contribution in [0.5, 0.6) is 0 Å². The zero-order chi connectivity index (χ0) is 30.1. The second-order valence-corrected chi connectivity index (χ2v) is 13.8. The quantitative estimate of drug-likeness (QED) is 0.242. The second kappa shape index (κ2) is 11.9. The maximum atomic E-state index is 14.0. The van der Waals surface area contributed by atoms with Crippen LogP contribution in [0.25, 0.3) is 0 Å². The van der Waals surface area contributed by atoms with Crippen LogP contribution < -0.4 is 9.62 Å². The van der Waals surface area contributed by atoms with Crippen LogP contribution in [-0.4, -0.2) is 23.9 Å². The van der Waals surface area contributed by atoms with Crippen LogP contribution in [0.4, 0.5) is 5.69 Å². The average Bonchev–Trinajstić information content (AvgIpc) is 3.37. The average molecular weight is 585 g/mol. The molecule has 7 nitrogen and oxygen atoms in total. The Balaban J connectivity index is 1.51. The lowest BCUT2D eigenvalue weighted by atomic mass is 9.71. The van der Waals surface area contributed by atoms with Gasteiger partial charge in [-0.1, -0.05) is 74.9 Å². The number of nitrogens with zero attached hydrogens (tertiary/aromatic N) is 3. The standard InChI is InChI=1S/C34H40N4O3S/c1-24-11-14-28(15-12-24)42(40,41)36-31-17-18-34(3,4)30-16-13-27(22-29(30)31)38(23-32-35-19-20-37(32)5)33(39)21-25(2)26-9-7-6-8-10-26/h6-16,19-20,22,25,31,36H,17-18,21,23H2,1-5H3/t25-,31-/m0/s1. The molecule has 0 bridgehead atoms. The Morgan fingerprint density at radius 2 is 1.81 bits per heavy atom. The molecule has 0 spiro atoms. The first-order valence-electron chi connectivity index (χ1n) is 14.5. The summed E-state index contributed by atoms with van der Waals surface area (Å²) in [6, 6.07) is 22.6. The van der Waals surface area contributed by atoms with Crippen LogP contribution in [0, 0.1) is 6.92 Å². The third kappa shape index (κ3) is 6.35. The summed E-state index contributed by atoms with van der Waals surface area (Å²) in [5, 5.41) is 0. The Morgan fingerprint density at radius 1 is 1.10 bits per heavy atom. The molecular formula is C34H40N4O3S. The maximum Gasteiger partial charge on any atom is 0.241 e. The number of rotatable bonds is 9. The number of fused-ring (bicyclic) bond motifs is 1. The summed E-state index contributed by atoms with van der Waals surface area (Å²) in [6.45, 7) is 8.69. The molecule has 42 heavy (non-hydrogen) atoms. The third-order valence-electron chi connectivity index (χ3n) is 8.51. The SMILES string of the molecule is Cc1ccc(S(=O)(=O)N[C@H]2CCC(C)(C)c3ccc(N(Cc4nccn4C)C(=O)C[C@H](C)c4ccccc4)cc32)cc1. The zero-order valence-corrected chi connectivity index (χ0v) is 25.9. The van der Waals surface area contributed by atoms with Gasteiger partial charge in [-0.15, -0.1) is 0 Å². The second-order valence-electron chi connectivity index (χ2n) is 12.1. The monoisotopic (exact) mass is 584 g/mol. The molecule has 0 saturated heterocycles. The van der Waals surface area contributed by atoms with Crippen molar-refractivity contribution in [3.63, 3.8) is 0 Å². The Hall–Kier alpha value is -3.75. The number of nitrogens with one attached hydrogen (secondary N) is 1. The summed E-state index contributed by atoms with van der Waals surface area (Å²) >= 11 is 0. The summed E-state index contributed by atoms with van der Waals surface area (Å²) in [6.07, 6.45) is 5.43. The highest BCUT2D eigenvalue weighted by atomic mass is 32.2. The molecule has 5 rings (SSSR count). The molecule has 2 atom stereocenters. The number of benzene rings is 3. The van der Waals surface area contributed by atoms with Gasteiger partial charge in [0.05, 0.1) is 11.4 Å². The first kappa shape index (κ1) is 29.7. The highest BCUT2D eigenvalue weighted by Gasteiger charge is 2.35. The molecule has 0 unspecified atom stereocenters. The van der Waals surface area contributed by atoms with Gasteiger partial charge >= 0.3 is 0 Å². The molecule has 1 amide bonds. The highest BCUT2D eigenvalue weighted by molar-refractivity contribution is 7.89. The number of aromatic nitrogens is 2. The minimum Gasteiger partial charge on any atom is -0.337 e. The van der Waals surface area contributed by atoms with Gasteiger partial charge in [-0.3, -0.25) is 4.79 Å². The smallest absolute Gasteiger partial charge is 0.241 e. The molecule has 4 aromatic rings. The summed E-state index contributed by atoms with van der Waals surface area (Å²) in [5.74, 6) is 0.791. The van der Waals surface area contributed by atoms with Gasteiger partial charge in [-0.05, 0) is 72.1 Å². The largest absolute Gasteiger partial charge is 0.337 e. The summed E-state index contributed by atoms with van der Waals surface area (Å²) < 4.78 is 31.8. The molecule has 220 valence electrons. The van der Waals surface area contributed by atoms with Gasteiger partial charge in [0.1, 0.15) is 5.82 Å². The van der Waals surface area contributed by atoms with E-state index in [4.69, 9.17) is 0 Å². The van der Waals surface area contributed by atoms with Crippen molar-refractivity contribution in [2.24, 2.45) is 7.05 Å². The van der Waals surface area contributed by atoms with E-state index in [2.05, 4.69) is 36.5 Å². The predicted molar refractivity (Wildman–Crippen MR) is 167 cm³/mol. The molecular weight excluding hydrogens is 544 g/mol. The summed E-state index contributed by atoms with van der Waals surface area (Å²) in [5.41, 5.74) is 4.72. The normalized spacial score (nSPS) is 16.9. The summed E-state index contributed by atoms with van der Waals surface area (Å²) in [7, 11) is -1.82. The number of sulfonamides is 1. The van der Waals surface area contributed by atoms with E-state index in [0.29, 0.717) is 19.4 Å². The number of aryl methyl sites for hydroxylation is 2. The van der Waals surface area contributed by atoms with Gasteiger partial charge in [-0.2, -0.15) is 0 Å². The molecule has 0 fully saturated rings. The number of amides is 1. The minimum atomic E-state index is -3.74. The van der Waals surface area contributed by atoms with Crippen molar-refractivity contribution in [1.82, 2.24) is 14.3 Å². The molecule has 3 aromatic carbocycles. The Morgan fingerprint density at radius 3 is 2.48 bits per heavy atom. The lowest BCUT2D eigenvalue weighted by Crippen LogP contribution is -2.37. The van der Waals surface area contributed by atoms with Crippen molar-refractivity contribution in [2.45, 2.75) is 75.8 Å². The third-order valence-corrected chi connectivity index (χ3v) is 10.00. The molecule has 8 heteroatoms. The van der Waals surface area contributed by atoms with E-state index in [1.807, 2.05) is 79.3 Å². The van der Waals surface area contributed by atoms with Gasteiger partial charge in [0.25, 0.3) is 0 Å². The lowest BCUT2D eigenvalue weighted by Gasteiger charge is -2.38. The van der Waals surface area contributed by atoms with Crippen LogP contribution in [0.2, 0.25) is 0 Å². The molecule has 1 aliphatic carbocycles. The maximum absolute atomic E-state index is 14.0. The van der Waals surface area contributed by atoms with Gasteiger partial charge in [-0.25, -0.2) is 18.1 Å². The number of hydrogen-bond acceptors (Lipinski definition) is 4. The van der Waals surface area contributed by atoms with Gasteiger partial charge in [0.2, 0.25) is 15.9 Å². The highest BCUT2D eigenvalue weighted by Crippen LogP contribution is 2.43. The van der Waals surface area contributed by atoms with Crippen LogP contribution in [-0.2, 0) is 33.8 Å². The van der Waals surface area contributed by atoms with Crippen LogP contribution in [0.3, 0.4) is 0 Å². The molecule has 1 N–H and O–H groups in total. The number of carbonyl (C=O) groups is 1. The fourth-order valence-corrected chi connectivity index (χ4v) is 7.05. The number of hydrogen-bond donors (Lipinski definition) is 1. The molecule has 0 radical (unpaired) electrons. The van der Waals surface area contributed by atoms with Gasteiger partial charge in [0.15, 0.2) is 0 Å². The van der Waals surface area contributed by atoms with Crippen molar-refractivity contribution in [1.29, 1.82) is 0 Å². The lowest BCUT2D eigenvalue weighted by molar-refractivity contribution is -0.119. The summed E-state index contributed by atoms with van der Waals surface area (Å²) in [4.78, 5) is 20.5. The Labute approximate surface area is 249 Å². The van der Waals surface area contributed by atoms with Crippen LogP contribution >= 0.6 is 0 Å². The fraction of sp³-hybridized carbons (Fsp3) is 0.353. The number of imidazole rings is 1. The van der Waals surface area contributed by atoms with Crippen LogP contribution in [0.15, 0.2) is 90.1 Å². The molecule has 0 saturated carbocycles. The zero-order valence-electron chi connectivity index (χ0n) is 25.0. The van der Waals surface area contributed by atoms with Crippen LogP contribution in [0.1, 0.15) is 80.1 Å². The van der Waals surface area contributed by atoms with Crippen molar-refractivity contribution in [2.75, 3.05) is 4.90 Å². The van der Waals surface area contributed by atoms with E-state index in [0.717, 1.165) is 40.2 Å². The van der Waals surface area contributed by atoms with E-state index in [1.165, 1.54) is 0 Å². The molecule has 1 aromatic heterocycles. The number of anilines is 1. The van der Waals surface area contributed by atoms with Crippen molar-refractivity contribution in [3.05, 3.63) is 113 Å². The first-order chi connectivity index (χ1) is 19.9. The van der Waals surface area contributed by atoms with E-state index in [-0.39, 0.29) is 22.1 Å². The first-order valence-corrected chi connectivity index (χ1v) is 16.0. The van der Waals surface area contributed by atoms with Gasteiger partial charge < -0.3 is 9.47 Å². The molecule has 0 aliphatic heterocycles. The van der Waals surface area contributed by atoms with Crippen molar-refractivity contribution in [3.8, 4) is 0 Å². The molecule has 1 heterocycles. The van der Waals surface area contributed by atoms with E-state index in [9.17, 15) is 13.2 Å². The van der Waals surface area contributed by atoms with Gasteiger partial charge in [0, 0.05) is 37.6 Å². The molecule has 1 aliphatic rings. The van der Waals surface area contributed by atoms with E-state index < -0.39 is 16.1 Å². The minimum absolute atomic E-state index is 0.0128. The van der Waals surface area contributed by atoms with E-state index in [1.54, 1.807) is 23.2 Å². The van der Waals surface area contributed by atoms with E-state index >= 15 is 0 Å². The topological polar surface area (TPSA) is 84.3 Å². The van der Waals surface area contributed by atoms with Crippen molar-refractivity contribution < 1.29 is 13.2 Å². The Kier molecular flexibility index (Phi) is 8.39. The fourth-order valence-electron chi connectivity index (χ4n) is 5.80. The predicted octanol–water partition coefficient (Wildman–Crippen LogP) is 6.55. The number of carbonyl (C=O) groups excluding carboxylic acids is 1. The Bertz CT molecular complexity index is 1660.